The zero-order valence-corrected chi connectivity index (χ0v) is 5.92. The van der Waals surface area contributed by atoms with Gasteiger partial charge in [-0.15, -0.1) is 0 Å². The van der Waals surface area contributed by atoms with E-state index in [1.54, 1.807) is 6.08 Å². The molecular weight excluding hydrogens is 128 g/mol. The van der Waals surface area contributed by atoms with Gasteiger partial charge < -0.3 is 5.11 Å². The first-order valence-electron chi connectivity index (χ1n) is 3.68. The van der Waals surface area contributed by atoms with Crippen molar-refractivity contribution in [2.45, 2.75) is 31.8 Å². The van der Waals surface area contributed by atoms with Gasteiger partial charge in [0.2, 0.25) is 0 Å². The van der Waals surface area contributed by atoms with E-state index in [0.29, 0.717) is 6.42 Å². The third-order valence-corrected chi connectivity index (χ3v) is 1.68. The van der Waals surface area contributed by atoms with E-state index in [0.717, 1.165) is 19.3 Å². The first-order chi connectivity index (χ1) is 4.79. The fourth-order valence-corrected chi connectivity index (χ4v) is 1.05. The highest BCUT2D eigenvalue weighted by molar-refractivity contribution is 5.89. The Morgan fingerprint density at radius 3 is 3.10 bits per heavy atom. The van der Waals surface area contributed by atoms with Crippen LogP contribution in [0, 0.1) is 0 Å². The number of hydrogen-bond donors (Lipinski definition) is 1. The number of aliphatic hydroxyl groups excluding tert-OH is 1. The van der Waals surface area contributed by atoms with Crippen molar-refractivity contribution in [1.29, 1.82) is 0 Å². The maximum atomic E-state index is 10.8. The van der Waals surface area contributed by atoms with Crippen LogP contribution in [0.3, 0.4) is 0 Å². The first-order valence-corrected chi connectivity index (χ1v) is 3.68. The second kappa shape index (κ2) is 3.52. The molecule has 2 nitrogen and oxygen atoms in total. The number of aliphatic hydroxyl groups is 1. The molecule has 0 radical (unpaired) electrons. The highest BCUT2D eigenvalue weighted by Gasteiger charge is 2.05. The lowest BCUT2D eigenvalue weighted by atomic mass is 10.0. The topological polar surface area (TPSA) is 37.3 Å². The summed E-state index contributed by atoms with van der Waals surface area (Å²) < 4.78 is 0. The summed E-state index contributed by atoms with van der Waals surface area (Å²) >= 11 is 0. The minimum atomic E-state index is -0.399. The molecule has 0 heterocycles. The third kappa shape index (κ3) is 2.31. The van der Waals surface area contributed by atoms with Crippen LogP contribution in [0.2, 0.25) is 0 Å². The monoisotopic (exact) mass is 140 g/mol. The number of rotatable bonds is 0. The maximum Gasteiger partial charge on any atom is 0.155 e. The average molecular weight is 140 g/mol. The van der Waals surface area contributed by atoms with Crippen LogP contribution in [0.25, 0.3) is 0 Å². The van der Waals surface area contributed by atoms with Gasteiger partial charge in [-0.2, -0.15) is 0 Å². The lowest BCUT2D eigenvalue weighted by molar-refractivity contribution is -0.114. The Labute approximate surface area is 60.6 Å². The van der Waals surface area contributed by atoms with Crippen molar-refractivity contribution in [2.24, 2.45) is 0 Å². The quantitative estimate of drug-likeness (QED) is 0.546. The van der Waals surface area contributed by atoms with Gasteiger partial charge in [-0.05, 0) is 18.9 Å². The summed E-state index contributed by atoms with van der Waals surface area (Å²) in [6.45, 7) is 0. The molecular formula is C8H12O2. The van der Waals surface area contributed by atoms with E-state index in [9.17, 15) is 4.79 Å². The zero-order chi connectivity index (χ0) is 7.40. The van der Waals surface area contributed by atoms with Crippen molar-refractivity contribution in [3.8, 4) is 0 Å². The Morgan fingerprint density at radius 2 is 2.30 bits per heavy atom. The molecule has 0 aromatic rings. The second-order valence-corrected chi connectivity index (χ2v) is 2.64. The summed E-state index contributed by atoms with van der Waals surface area (Å²) in [4.78, 5) is 10.8. The minimum Gasteiger partial charge on any atom is -0.389 e. The van der Waals surface area contributed by atoms with Crippen molar-refractivity contribution in [3.63, 3.8) is 0 Å². The van der Waals surface area contributed by atoms with E-state index in [1.165, 1.54) is 6.08 Å². The van der Waals surface area contributed by atoms with Crippen molar-refractivity contribution >= 4 is 5.78 Å². The second-order valence-electron chi connectivity index (χ2n) is 2.64. The van der Waals surface area contributed by atoms with Crippen LogP contribution in [0.4, 0.5) is 0 Å². The van der Waals surface area contributed by atoms with Gasteiger partial charge in [0.1, 0.15) is 0 Å². The number of carbonyl (C=O) groups excluding carboxylic acids is 1. The number of hydrogen-bond acceptors (Lipinski definition) is 2. The summed E-state index contributed by atoms with van der Waals surface area (Å²) in [5.74, 6) is 0.138. The van der Waals surface area contributed by atoms with Crippen LogP contribution >= 0.6 is 0 Å². The van der Waals surface area contributed by atoms with E-state index in [-0.39, 0.29) is 5.78 Å². The van der Waals surface area contributed by atoms with E-state index < -0.39 is 6.10 Å². The van der Waals surface area contributed by atoms with Gasteiger partial charge in [-0.25, -0.2) is 0 Å². The summed E-state index contributed by atoms with van der Waals surface area (Å²) in [5.41, 5.74) is 0. The molecule has 0 aromatic heterocycles. The molecule has 1 atom stereocenters. The molecule has 0 saturated carbocycles. The molecule has 56 valence electrons. The summed E-state index contributed by atoms with van der Waals surface area (Å²) in [6, 6.07) is 0. The Kier molecular flexibility index (Phi) is 2.63. The van der Waals surface area contributed by atoms with Gasteiger partial charge >= 0.3 is 0 Å². The average Bonchev–Trinajstić information content (AvgIpc) is 1.90. The molecule has 1 aliphatic carbocycles. The molecule has 1 unspecified atom stereocenters. The Bertz CT molecular complexity index is 149. The molecule has 0 spiro atoms. The zero-order valence-electron chi connectivity index (χ0n) is 5.92. The highest BCUT2D eigenvalue weighted by atomic mass is 16.3. The first kappa shape index (κ1) is 7.48. The van der Waals surface area contributed by atoms with Crippen LogP contribution in [-0.4, -0.2) is 17.0 Å². The number of ketones is 1. The summed E-state index contributed by atoms with van der Waals surface area (Å²) in [7, 11) is 0. The van der Waals surface area contributed by atoms with Gasteiger partial charge in [0.15, 0.2) is 5.78 Å². The van der Waals surface area contributed by atoms with Crippen molar-refractivity contribution in [2.75, 3.05) is 0 Å². The minimum absolute atomic E-state index is 0.138. The van der Waals surface area contributed by atoms with E-state index in [4.69, 9.17) is 5.11 Å². The Hall–Kier alpha value is -0.630. The molecule has 2 heteroatoms. The molecule has 0 aliphatic heterocycles. The van der Waals surface area contributed by atoms with Gasteiger partial charge in [-0.1, -0.05) is 12.5 Å². The Morgan fingerprint density at radius 1 is 1.50 bits per heavy atom. The highest BCUT2D eigenvalue weighted by Crippen LogP contribution is 2.08. The van der Waals surface area contributed by atoms with Crippen LogP contribution in [0.5, 0.6) is 0 Å². The standard InChI is InChI=1S/C8H12O2/c9-7-3-1-2-4-8(10)6-5-7/h5-7,9H,1-4H2/b6-5-. The molecule has 0 saturated heterocycles. The van der Waals surface area contributed by atoms with E-state index >= 15 is 0 Å². The van der Waals surface area contributed by atoms with Gasteiger partial charge in [0, 0.05) is 6.42 Å². The molecule has 10 heavy (non-hydrogen) atoms. The van der Waals surface area contributed by atoms with Crippen LogP contribution in [0.1, 0.15) is 25.7 Å². The normalized spacial score (nSPS) is 30.9. The van der Waals surface area contributed by atoms with Crippen LogP contribution in [-0.2, 0) is 4.79 Å². The molecule has 0 aromatic carbocycles. The van der Waals surface area contributed by atoms with Gasteiger partial charge in [0.25, 0.3) is 0 Å². The van der Waals surface area contributed by atoms with Crippen LogP contribution < -0.4 is 0 Å². The Balaban J connectivity index is 2.50. The van der Waals surface area contributed by atoms with Crippen molar-refractivity contribution in [1.82, 2.24) is 0 Å². The van der Waals surface area contributed by atoms with E-state index in [2.05, 4.69) is 0 Å². The fraction of sp³-hybridized carbons (Fsp3) is 0.625. The molecule has 1 aliphatic rings. The fourth-order valence-electron chi connectivity index (χ4n) is 1.05. The lowest BCUT2D eigenvalue weighted by Crippen LogP contribution is -2.06. The lowest BCUT2D eigenvalue weighted by Gasteiger charge is -2.07. The maximum absolute atomic E-state index is 10.8. The third-order valence-electron chi connectivity index (χ3n) is 1.68. The summed E-state index contributed by atoms with van der Waals surface area (Å²) in [5, 5.41) is 9.09. The molecule has 1 N–H and O–H groups in total. The SMILES string of the molecule is O=C1/C=C\C(O)CCCC1. The molecule has 1 rings (SSSR count). The number of carbonyl (C=O) groups is 1. The van der Waals surface area contributed by atoms with Crippen molar-refractivity contribution in [3.05, 3.63) is 12.2 Å². The molecule has 0 fully saturated rings. The molecule has 0 amide bonds. The van der Waals surface area contributed by atoms with Gasteiger partial charge in [0.05, 0.1) is 6.10 Å². The molecule has 0 bridgehead atoms. The predicted molar refractivity (Wildman–Crippen MR) is 38.6 cm³/mol. The smallest absolute Gasteiger partial charge is 0.155 e. The predicted octanol–water partition coefficient (Wildman–Crippen LogP) is 1.05. The largest absolute Gasteiger partial charge is 0.389 e. The van der Waals surface area contributed by atoms with E-state index in [1.807, 2.05) is 0 Å². The summed E-state index contributed by atoms with van der Waals surface area (Å²) in [6.07, 6.45) is 5.99. The van der Waals surface area contributed by atoms with Gasteiger partial charge in [-0.3, -0.25) is 4.79 Å². The van der Waals surface area contributed by atoms with Crippen molar-refractivity contribution < 1.29 is 9.90 Å². The number of allylic oxidation sites excluding steroid dienone is 1. The van der Waals surface area contributed by atoms with Crippen LogP contribution in [0.15, 0.2) is 12.2 Å².